The fourth-order valence-electron chi connectivity index (χ4n) is 4.15. The summed E-state index contributed by atoms with van der Waals surface area (Å²) in [5.41, 5.74) is 11.1. The van der Waals surface area contributed by atoms with Gasteiger partial charge in [0.15, 0.2) is 5.60 Å². The summed E-state index contributed by atoms with van der Waals surface area (Å²) in [6, 6.07) is 20.3. The maximum atomic E-state index is 10.3. The van der Waals surface area contributed by atoms with Gasteiger partial charge in [0.05, 0.1) is 5.54 Å². The van der Waals surface area contributed by atoms with E-state index < -0.39 is 5.60 Å². The number of carbonyl (C=O) groups excluding carboxylic acids is 1. The van der Waals surface area contributed by atoms with Gasteiger partial charge in [-0.1, -0.05) is 116 Å². The Balaban J connectivity index is 0.000000205. The highest BCUT2D eigenvalue weighted by molar-refractivity contribution is 9.11. The number of nitrogens with two attached hydrogens (primary N) is 1. The van der Waals surface area contributed by atoms with Gasteiger partial charge in [-0.05, 0) is 92.6 Å². The summed E-state index contributed by atoms with van der Waals surface area (Å²) >= 11 is 10.3. The van der Waals surface area contributed by atoms with Crippen LogP contribution in [0.2, 0.25) is 0 Å². The van der Waals surface area contributed by atoms with Gasteiger partial charge < -0.3 is 15.8 Å². The van der Waals surface area contributed by atoms with Gasteiger partial charge >= 0.3 is 5.97 Å². The van der Waals surface area contributed by atoms with E-state index in [9.17, 15) is 4.79 Å². The van der Waals surface area contributed by atoms with E-state index in [1.54, 1.807) is 13.8 Å². The Labute approximate surface area is 283 Å². The van der Waals surface area contributed by atoms with Gasteiger partial charge in [-0.25, -0.2) is 0 Å². The van der Waals surface area contributed by atoms with Crippen LogP contribution >= 0.6 is 47.8 Å². The van der Waals surface area contributed by atoms with Gasteiger partial charge in [0.25, 0.3) is 0 Å². The molecule has 0 radical (unpaired) electrons. The number of nitrogen functional groups attached to an aromatic ring is 1. The number of carbonyl (C=O) groups is 1. The zero-order valence-corrected chi connectivity index (χ0v) is 30.7. The topological polar surface area (TPSA) is 64.3 Å². The van der Waals surface area contributed by atoms with Gasteiger partial charge in [0.1, 0.15) is 0 Å². The molecule has 43 heavy (non-hydrogen) atoms. The second-order valence-corrected chi connectivity index (χ2v) is 14.7. The minimum Gasteiger partial charge on any atom is -0.447 e. The van der Waals surface area contributed by atoms with Crippen molar-refractivity contribution in [2.45, 2.75) is 66.0 Å². The third-order valence-electron chi connectivity index (χ3n) is 6.24. The Morgan fingerprint density at radius 1 is 0.953 bits per heavy atom. The highest BCUT2D eigenvalue weighted by Gasteiger charge is 2.21. The van der Waals surface area contributed by atoms with Crippen LogP contribution in [0.25, 0.3) is 12.2 Å². The first kappa shape index (κ1) is 36.4. The van der Waals surface area contributed by atoms with E-state index in [4.69, 9.17) is 16.9 Å². The Hall–Kier alpha value is -2.79. The molecule has 2 aliphatic rings. The minimum atomic E-state index is -0.758. The average Bonchev–Trinajstić information content (AvgIpc) is 2.88. The predicted molar refractivity (Wildman–Crippen MR) is 195 cm³/mol. The molecule has 0 spiro atoms. The van der Waals surface area contributed by atoms with E-state index in [-0.39, 0.29) is 11.5 Å². The molecule has 3 aromatic rings. The van der Waals surface area contributed by atoms with E-state index >= 15 is 0 Å². The van der Waals surface area contributed by atoms with Gasteiger partial charge in [-0.2, -0.15) is 0 Å². The summed E-state index contributed by atoms with van der Waals surface area (Å²) in [5.74, 6) is 1.98. The lowest BCUT2D eigenvalue weighted by atomic mass is 9.80. The SMILES string of the molecule is C#CC(C)(C)OC(C)=O.CC1(C)C=Cc2c(Br)cccc2C1.CC1(C)C=Cc2ccc(Br)cc2N1.Nc1cccc(Br)c1. The molecule has 3 N–H and O–H groups in total. The van der Waals surface area contributed by atoms with Crippen molar-refractivity contribution >= 4 is 77.3 Å². The van der Waals surface area contributed by atoms with Crippen LogP contribution in [0, 0.1) is 17.8 Å². The van der Waals surface area contributed by atoms with Crippen molar-refractivity contribution in [3.05, 3.63) is 103 Å². The van der Waals surface area contributed by atoms with Crippen LogP contribution in [0.4, 0.5) is 11.4 Å². The number of allylic oxidation sites excluding steroid dienone is 1. The summed E-state index contributed by atoms with van der Waals surface area (Å²) in [6.07, 6.45) is 15.0. The molecule has 0 unspecified atom stereocenters. The normalized spacial score (nSPS) is 14.7. The molecule has 0 saturated heterocycles. The Kier molecular flexibility index (Phi) is 13.4. The summed E-state index contributed by atoms with van der Waals surface area (Å²) in [5, 5.41) is 3.46. The third kappa shape index (κ3) is 13.2. The van der Waals surface area contributed by atoms with Crippen molar-refractivity contribution in [2.75, 3.05) is 11.1 Å². The van der Waals surface area contributed by atoms with E-state index in [1.807, 2.05) is 24.3 Å². The van der Waals surface area contributed by atoms with Crippen molar-refractivity contribution in [1.29, 1.82) is 0 Å². The molecular formula is C36H41Br3N2O2. The number of hydrogen-bond acceptors (Lipinski definition) is 4. The van der Waals surface area contributed by atoms with Crippen molar-refractivity contribution in [2.24, 2.45) is 5.41 Å². The lowest BCUT2D eigenvalue weighted by Crippen LogP contribution is -2.30. The number of halogens is 3. The smallest absolute Gasteiger partial charge is 0.304 e. The molecular weight excluding hydrogens is 732 g/mol. The van der Waals surface area contributed by atoms with Crippen molar-refractivity contribution in [1.82, 2.24) is 0 Å². The van der Waals surface area contributed by atoms with Crippen LogP contribution in [-0.4, -0.2) is 17.1 Å². The fourth-order valence-corrected chi connectivity index (χ4v) is 5.46. The standard InChI is InChI=1S/C12H13Br.C11H12BrN.C7H10O2.C6H6BrN/c1-12(2)7-6-10-9(8-12)4-3-5-11(10)13;1-11(2)6-5-8-3-4-9(12)7-10(8)13-11;1-5-7(3,4)9-6(2)8;7-5-2-1-3-6(8)4-5/h3-7H,8H2,1-2H3;3-7,13H,1-2H3;1H,2-4H3;1-4H,8H2. The Bertz CT molecular complexity index is 1500. The van der Waals surface area contributed by atoms with Crippen molar-refractivity contribution in [3.8, 4) is 12.3 Å². The molecule has 1 aliphatic carbocycles. The van der Waals surface area contributed by atoms with Gasteiger partial charge in [0, 0.05) is 31.7 Å². The lowest BCUT2D eigenvalue weighted by molar-refractivity contribution is -0.148. The first-order valence-electron chi connectivity index (χ1n) is 13.8. The van der Waals surface area contributed by atoms with Gasteiger partial charge in [-0.15, -0.1) is 6.42 Å². The lowest BCUT2D eigenvalue weighted by Gasteiger charge is -2.28. The number of ether oxygens (including phenoxy) is 1. The number of terminal acetylenes is 1. The molecule has 0 bridgehead atoms. The summed E-state index contributed by atoms with van der Waals surface area (Å²) in [7, 11) is 0. The molecule has 3 aromatic carbocycles. The number of benzene rings is 3. The summed E-state index contributed by atoms with van der Waals surface area (Å²) in [6.45, 7) is 13.5. The maximum absolute atomic E-state index is 10.3. The first-order chi connectivity index (χ1) is 19.9. The molecule has 5 rings (SSSR count). The quantitative estimate of drug-likeness (QED) is 0.147. The monoisotopic (exact) mass is 770 g/mol. The highest BCUT2D eigenvalue weighted by Crippen LogP contribution is 2.35. The maximum Gasteiger partial charge on any atom is 0.304 e. The zero-order chi connectivity index (χ0) is 32.4. The second kappa shape index (κ2) is 15.8. The van der Waals surface area contributed by atoms with Gasteiger partial charge in [0.2, 0.25) is 0 Å². The number of rotatable bonds is 1. The molecule has 228 valence electrons. The van der Waals surface area contributed by atoms with E-state index in [2.05, 4.69) is 147 Å². The van der Waals surface area contributed by atoms with Gasteiger partial charge in [-0.3, -0.25) is 4.79 Å². The number of esters is 1. The molecule has 7 heteroatoms. The van der Waals surface area contributed by atoms with Crippen LogP contribution in [-0.2, 0) is 16.0 Å². The Morgan fingerprint density at radius 2 is 1.60 bits per heavy atom. The van der Waals surface area contributed by atoms with E-state index in [0.29, 0.717) is 5.41 Å². The van der Waals surface area contributed by atoms with Crippen molar-refractivity contribution in [3.63, 3.8) is 0 Å². The van der Waals surface area contributed by atoms with Crippen LogP contribution < -0.4 is 11.1 Å². The number of nitrogens with one attached hydrogen (secondary N) is 1. The third-order valence-corrected chi connectivity index (χ3v) is 7.92. The van der Waals surface area contributed by atoms with Crippen LogP contribution in [0.5, 0.6) is 0 Å². The summed E-state index contributed by atoms with van der Waals surface area (Å²) in [4.78, 5) is 10.3. The van der Waals surface area contributed by atoms with E-state index in [1.165, 1.54) is 33.8 Å². The Morgan fingerprint density at radius 3 is 2.16 bits per heavy atom. The number of fused-ring (bicyclic) bond motifs is 2. The number of hydrogen-bond donors (Lipinski definition) is 2. The zero-order valence-electron chi connectivity index (χ0n) is 25.9. The molecule has 0 amide bonds. The van der Waals surface area contributed by atoms with Crippen LogP contribution in [0.15, 0.2) is 86.2 Å². The highest BCUT2D eigenvalue weighted by atomic mass is 79.9. The van der Waals surface area contributed by atoms with E-state index in [0.717, 1.165) is 21.1 Å². The molecule has 1 heterocycles. The fraction of sp³-hybridized carbons (Fsp3) is 0.306. The molecule has 0 aromatic heterocycles. The molecule has 1 aliphatic heterocycles. The molecule has 0 atom stereocenters. The van der Waals surface area contributed by atoms with Crippen LogP contribution in [0.1, 0.15) is 65.2 Å². The predicted octanol–water partition coefficient (Wildman–Crippen LogP) is 10.7. The second-order valence-electron chi connectivity index (χ2n) is 12.0. The summed E-state index contributed by atoms with van der Waals surface area (Å²) < 4.78 is 8.06. The van der Waals surface area contributed by atoms with Crippen LogP contribution in [0.3, 0.4) is 0 Å². The minimum absolute atomic E-state index is 0.0633. The first-order valence-corrected chi connectivity index (χ1v) is 16.2. The van der Waals surface area contributed by atoms with Crippen molar-refractivity contribution < 1.29 is 9.53 Å². The molecule has 0 saturated carbocycles. The molecule has 4 nitrogen and oxygen atoms in total. The average molecular weight is 773 g/mol. The largest absolute Gasteiger partial charge is 0.447 e. The molecule has 0 fully saturated rings. The number of anilines is 2.